The van der Waals surface area contributed by atoms with Crippen LogP contribution in [0.15, 0.2) is 54.2 Å². The van der Waals surface area contributed by atoms with Crippen molar-refractivity contribution in [2.75, 3.05) is 17.2 Å². The third-order valence-electron chi connectivity index (χ3n) is 6.98. The van der Waals surface area contributed by atoms with Gasteiger partial charge < -0.3 is 36.4 Å². The molecule has 0 saturated carbocycles. The van der Waals surface area contributed by atoms with Crippen LogP contribution in [0, 0.1) is 17.8 Å². The summed E-state index contributed by atoms with van der Waals surface area (Å²) in [5.74, 6) is -1.16. The summed E-state index contributed by atoms with van der Waals surface area (Å²) in [6.07, 6.45) is 7.94. The van der Waals surface area contributed by atoms with Crippen LogP contribution in [-0.4, -0.2) is 46.1 Å². The number of rotatable bonds is 4. The van der Waals surface area contributed by atoms with Gasteiger partial charge in [0.2, 0.25) is 0 Å². The molecule has 5 atom stereocenters. The summed E-state index contributed by atoms with van der Waals surface area (Å²) in [4.78, 5) is 24.5. The van der Waals surface area contributed by atoms with E-state index >= 15 is 0 Å². The van der Waals surface area contributed by atoms with Gasteiger partial charge in [0, 0.05) is 35.6 Å². The van der Waals surface area contributed by atoms with Crippen molar-refractivity contribution in [2.45, 2.75) is 66.1 Å². The van der Waals surface area contributed by atoms with Crippen LogP contribution in [0.25, 0.3) is 0 Å². The molecule has 2 rings (SSSR count). The fourth-order valence-electron chi connectivity index (χ4n) is 4.68. The first-order chi connectivity index (χ1) is 18.3. The zero-order valence-corrected chi connectivity index (χ0v) is 23.5. The number of aliphatic hydroxyl groups excluding tert-OH is 1. The summed E-state index contributed by atoms with van der Waals surface area (Å²) >= 11 is 0. The summed E-state index contributed by atoms with van der Waals surface area (Å²) in [7, 11) is 0. The molecule has 0 spiro atoms. The molecule has 0 radical (unpaired) electrons. The summed E-state index contributed by atoms with van der Waals surface area (Å²) in [5, 5.41) is 38.5. The molecule has 0 aromatic heterocycles. The number of anilines is 2. The van der Waals surface area contributed by atoms with Gasteiger partial charge in [-0.15, -0.1) is 6.58 Å². The van der Waals surface area contributed by atoms with E-state index in [4.69, 9.17) is 10.5 Å². The number of benzene rings is 1. The van der Waals surface area contributed by atoms with E-state index in [1.54, 1.807) is 31.2 Å². The lowest BCUT2D eigenvalue weighted by atomic mass is 9.89. The molecule has 1 heterocycles. The molecule has 2 amide bonds. The number of aromatic hydroxyl groups is 2. The molecule has 1 aromatic rings. The molecule has 214 valence electrons. The Labute approximate surface area is 231 Å². The second-order valence-electron chi connectivity index (χ2n) is 10.4. The molecular formula is C30H43N3O6. The van der Waals surface area contributed by atoms with Gasteiger partial charge in [-0.3, -0.25) is 4.79 Å². The Morgan fingerprint density at radius 1 is 1.23 bits per heavy atom. The van der Waals surface area contributed by atoms with Gasteiger partial charge in [-0.05, 0) is 44.6 Å². The molecule has 1 aliphatic rings. The summed E-state index contributed by atoms with van der Waals surface area (Å²) in [6.45, 7) is 13.3. The number of amides is 2. The predicted molar refractivity (Wildman–Crippen MR) is 155 cm³/mol. The van der Waals surface area contributed by atoms with E-state index < -0.39 is 24.2 Å². The molecule has 0 saturated heterocycles. The number of nitrogens with one attached hydrogen (secondary N) is 2. The average Bonchev–Trinajstić information content (AvgIpc) is 2.87. The zero-order valence-electron chi connectivity index (χ0n) is 23.5. The van der Waals surface area contributed by atoms with Crippen LogP contribution in [0.4, 0.5) is 16.2 Å². The van der Waals surface area contributed by atoms with Gasteiger partial charge in [0.25, 0.3) is 5.91 Å². The Morgan fingerprint density at radius 2 is 1.92 bits per heavy atom. The van der Waals surface area contributed by atoms with Crippen molar-refractivity contribution in [1.29, 1.82) is 0 Å². The van der Waals surface area contributed by atoms with Crippen LogP contribution < -0.4 is 16.4 Å². The van der Waals surface area contributed by atoms with E-state index in [1.807, 2.05) is 33.8 Å². The maximum absolute atomic E-state index is 12.9. The fourth-order valence-corrected chi connectivity index (χ4v) is 4.68. The third-order valence-corrected chi connectivity index (χ3v) is 6.98. The second-order valence-corrected chi connectivity index (χ2v) is 10.4. The van der Waals surface area contributed by atoms with E-state index in [0.29, 0.717) is 42.6 Å². The molecular weight excluding hydrogens is 498 g/mol. The van der Waals surface area contributed by atoms with Crippen LogP contribution in [0.2, 0.25) is 0 Å². The first-order valence-corrected chi connectivity index (χ1v) is 13.3. The van der Waals surface area contributed by atoms with Crippen LogP contribution in [-0.2, 0) is 16.0 Å². The summed E-state index contributed by atoms with van der Waals surface area (Å²) < 4.78 is 5.39. The van der Waals surface area contributed by atoms with Gasteiger partial charge in [0.15, 0.2) is 0 Å². The molecule has 1 aliphatic heterocycles. The van der Waals surface area contributed by atoms with Crippen molar-refractivity contribution in [3.8, 4) is 11.5 Å². The number of aliphatic hydroxyl groups is 1. The van der Waals surface area contributed by atoms with Gasteiger partial charge in [-0.25, -0.2) is 4.79 Å². The number of hydrogen-bond acceptors (Lipinski definition) is 7. The molecule has 9 nitrogen and oxygen atoms in total. The minimum Gasteiger partial charge on any atom is -0.506 e. The quantitative estimate of drug-likeness (QED) is 0.175. The van der Waals surface area contributed by atoms with Gasteiger partial charge in [0.1, 0.15) is 17.6 Å². The predicted octanol–water partition coefficient (Wildman–Crippen LogP) is 5.15. The number of ether oxygens (including phenoxy) is 1. The number of carbonyl (C=O) groups is 2. The van der Waals surface area contributed by atoms with Crippen LogP contribution in [0.5, 0.6) is 11.5 Å². The average molecular weight is 542 g/mol. The molecule has 1 aromatic carbocycles. The van der Waals surface area contributed by atoms with Crippen molar-refractivity contribution < 1.29 is 29.6 Å². The Balaban J connectivity index is 2.55. The first kappa shape index (κ1) is 31.5. The van der Waals surface area contributed by atoms with Crippen molar-refractivity contribution >= 4 is 23.4 Å². The number of primary amides is 1. The lowest BCUT2D eigenvalue weighted by Crippen LogP contribution is -2.29. The van der Waals surface area contributed by atoms with Crippen molar-refractivity contribution in [2.24, 2.45) is 23.5 Å². The van der Waals surface area contributed by atoms with Gasteiger partial charge in [-0.2, -0.15) is 0 Å². The van der Waals surface area contributed by atoms with Crippen molar-refractivity contribution in [3.63, 3.8) is 0 Å². The number of hydrogen-bond donors (Lipinski definition) is 6. The standard InChI is InChI=1S/C30H43N3O6/c1-7-13-32-26-22-14-17(2)11-12-24(34)20(5)15-21(6)28(39-30(31)38)18(3)9-8-10-19(4)29(37)33-23(27(22)36)16-25(26)35/h7-10,15-18,20,24,28,32,34-36H,1,11-14H2,2-6H3,(H2,31,38)(H,33,37). The molecule has 39 heavy (non-hydrogen) atoms. The highest BCUT2D eigenvalue weighted by atomic mass is 16.6. The molecule has 7 N–H and O–H groups in total. The Bertz CT molecular complexity index is 1140. The van der Waals surface area contributed by atoms with E-state index in [2.05, 4.69) is 17.2 Å². The zero-order chi connectivity index (χ0) is 29.3. The lowest BCUT2D eigenvalue weighted by molar-refractivity contribution is -0.112. The summed E-state index contributed by atoms with van der Waals surface area (Å²) in [6, 6.07) is 1.31. The highest BCUT2D eigenvalue weighted by molar-refractivity contribution is 6.04. The Kier molecular flexibility index (Phi) is 11.7. The largest absolute Gasteiger partial charge is 0.506 e. The number of fused-ring (bicyclic) bond motifs is 2. The van der Waals surface area contributed by atoms with E-state index in [-0.39, 0.29) is 34.9 Å². The normalized spacial score (nSPS) is 25.2. The van der Waals surface area contributed by atoms with Crippen LogP contribution >= 0.6 is 0 Å². The van der Waals surface area contributed by atoms with E-state index in [1.165, 1.54) is 6.07 Å². The maximum atomic E-state index is 12.9. The molecule has 5 unspecified atom stereocenters. The van der Waals surface area contributed by atoms with E-state index in [0.717, 1.165) is 5.57 Å². The molecule has 0 fully saturated rings. The highest BCUT2D eigenvalue weighted by Gasteiger charge is 2.24. The van der Waals surface area contributed by atoms with E-state index in [9.17, 15) is 24.9 Å². The van der Waals surface area contributed by atoms with Crippen LogP contribution in [0.1, 0.15) is 53.0 Å². The monoisotopic (exact) mass is 541 g/mol. The highest BCUT2D eigenvalue weighted by Crippen LogP contribution is 2.42. The van der Waals surface area contributed by atoms with Crippen LogP contribution in [0.3, 0.4) is 0 Å². The maximum Gasteiger partial charge on any atom is 0.405 e. The SMILES string of the molecule is C=CCNc1c(O)cc2c(O)c1CC(C)CCC(O)C(C)C=C(C)C(OC(N)=O)C(C)C=CC=C(C)C(=O)N2. The minimum absolute atomic E-state index is 0.0244. The number of carbonyl (C=O) groups excluding carboxylic acids is 2. The van der Waals surface area contributed by atoms with Gasteiger partial charge in [-0.1, -0.05) is 51.2 Å². The number of phenolic OH excluding ortho intramolecular Hbond substituents is 2. The number of allylic oxidation sites excluding steroid dienone is 2. The third kappa shape index (κ3) is 8.92. The second kappa shape index (κ2) is 14.4. The topological polar surface area (TPSA) is 154 Å². The smallest absolute Gasteiger partial charge is 0.405 e. The van der Waals surface area contributed by atoms with Crippen molar-refractivity contribution in [1.82, 2.24) is 0 Å². The molecule has 0 aliphatic carbocycles. The Morgan fingerprint density at radius 3 is 2.56 bits per heavy atom. The summed E-state index contributed by atoms with van der Waals surface area (Å²) in [5.41, 5.74) is 7.38. The number of nitrogens with two attached hydrogens (primary N) is 1. The first-order valence-electron chi connectivity index (χ1n) is 13.3. The van der Waals surface area contributed by atoms with Gasteiger partial charge in [0.05, 0.1) is 17.5 Å². The Hall–Kier alpha value is -3.72. The fraction of sp³-hybridized carbons (Fsp3) is 0.467. The minimum atomic E-state index is -0.897. The van der Waals surface area contributed by atoms with Gasteiger partial charge >= 0.3 is 6.09 Å². The molecule has 9 heteroatoms. The number of phenols is 2. The molecule has 2 bridgehead atoms. The lowest BCUT2D eigenvalue weighted by Gasteiger charge is -2.25. The van der Waals surface area contributed by atoms with Crippen molar-refractivity contribution in [3.05, 3.63) is 59.7 Å².